The van der Waals surface area contributed by atoms with Crippen molar-refractivity contribution in [1.29, 1.82) is 0 Å². The van der Waals surface area contributed by atoms with Crippen molar-refractivity contribution in [3.63, 3.8) is 0 Å². The largest absolute Gasteiger partial charge is 0.465 e. The highest BCUT2D eigenvalue weighted by molar-refractivity contribution is 5.88. The van der Waals surface area contributed by atoms with Crippen molar-refractivity contribution in [2.45, 2.75) is 110 Å². The Morgan fingerprint density at radius 1 is 0.797 bits per heavy atom. The number of aromatic nitrogens is 4. The van der Waals surface area contributed by atoms with Crippen LogP contribution in [0.4, 0.5) is 9.59 Å². The van der Waals surface area contributed by atoms with E-state index in [1.165, 1.54) is 7.11 Å². The van der Waals surface area contributed by atoms with Gasteiger partial charge in [0, 0.05) is 6.54 Å². The third-order valence-electron chi connectivity index (χ3n) is 13.3. The molecule has 4 unspecified atom stereocenters. The Hall–Kier alpha value is -6.59. The standard InChI is InChI=1S/C52H66N8O9/c1-31(2)44(56-51(64)65)49(62)59-24-12-15-42(59)47-54-40-23-21-37(27-39(40)48(61)58-47)34-14-11-9-7-8-10-13-33(5)38(22-20-34)35-16-18-36(19-17-35)41-28-53-46(55-41)43-29-68-25-26-69-30-60(43)50(63)45(32(3)4)57-52(66)67-6/h16-23,27-28,31-32,42-45,56H,5,7-15,24-26,29-30H2,1-4,6H3,(H,53,55)(H,57,66)(H,64,65)(H,54,58,61)/b34-20+,38-22?. The number of amides is 4. The molecule has 2 fully saturated rings. The smallest absolute Gasteiger partial charge is 0.407 e. The fourth-order valence-electron chi connectivity index (χ4n) is 9.36. The summed E-state index contributed by atoms with van der Waals surface area (Å²) in [6.45, 7) is 13.1. The molecule has 17 nitrogen and oxygen atoms in total. The Bertz CT molecular complexity index is 2620. The van der Waals surface area contributed by atoms with Gasteiger partial charge in [0.05, 0.1) is 55.8 Å². The number of carbonyl (C=O) groups is 4. The highest BCUT2D eigenvalue weighted by atomic mass is 16.5. The van der Waals surface area contributed by atoms with Crippen LogP contribution in [0.2, 0.25) is 0 Å². The van der Waals surface area contributed by atoms with E-state index in [1.807, 2.05) is 44.2 Å². The predicted molar refractivity (Wildman–Crippen MR) is 263 cm³/mol. The molecule has 2 aromatic heterocycles. The molecule has 0 radical (unpaired) electrons. The van der Waals surface area contributed by atoms with Crippen LogP contribution < -0.4 is 16.2 Å². The van der Waals surface area contributed by atoms with E-state index in [0.717, 1.165) is 84.0 Å². The number of imidazole rings is 1. The van der Waals surface area contributed by atoms with Gasteiger partial charge in [-0.05, 0) is 95.9 Å². The summed E-state index contributed by atoms with van der Waals surface area (Å²) in [6, 6.07) is 11.1. The molecule has 69 heavy (non-hydrogen) atoms. The quantitative estimate of drug-likeness (QED) is 0.0963. The topological polar surface area (TPSA) is 221 Å². The maximum atomic E-state index is 14.0. The van der Waals surface area contributed by atoms with Gasteiger partial charge >= 0.3 is 12.2 Å². The number of nitrogens with zero attached hydrogens (tertiary/aromatic N) is 4. The molecule has 368 valence electrons. The summed E-state index contributed by atoms with van der Waals surface area (Å²) in [6.07, 6.45) is 12.4. The molecule has 5 N–H and O–H groups in total. The summed E-state index contributed by atoms with van der Waals surface area (Å²) in [7, 11) is 1.26. The molecule has 0 spiro atoms. The van der Waals surface area contributed by atoms with E-state index in [9.17, 15) is 29.1 Å². The Kier molecular flexibility index (Phi) is 16.9. The molecule has 4 aromatic rings. The summed E-state index contributed by atoms with van der Waals surface area (Å²) >= 11 is 0. The number of rotatable bonds is 11. The van der Waals surface area contributed by atoms with Crippen molar-refractivity contribution >= 4 is 46.0 Å². The van der Waals surface area contributed by atoms with Gasteiger partial charge in [-0.15, -0.1) is 0 Å². The molecular formula is C52H66N8O9. The van der Waals surface area contributed by atoms with Crippen LogP contribution in [0.25, 0.3) is 33.3 Å². The average molecular weight is 947 g/mol. The van der Waals surface area contributed by atoms with Crippen LogP contribution in [-0.4, -0.2) is 111 Å². The number of carbonyl (C=O) groups excluding carboxylic acids is 3. The number of H-pyrrole nitrogens is 2. The van der Waals surface area contributed by atoms with Crippen LogP contribution in [0, 0.1) is 11.8 Å². The van der Waals surface area contributed by atoms with Crippen LogP contribution in [0.15, 0.2) is 77.8 Å². The van der Waals surface area contributed by atoms with E-state index in [4.69, 9.17) is 24.2 Å². The molecule has 4 heterocycles. The molecule has 3 aliphatic rings. The molecule has 4 atom stereocenters. The second-order valence-electron chi connectivity index (χ2n) is 18.7. The van der Waals surface area contributed by atoms with E-state index in [-0.39, 0.29) is 42.5 Å². The molecule has 2 aromatic carbocycles. The van der Waals surface area contributed by atoms with Gasteiger partial charge in [0.1, 0.15) is 36.5 Å². The second-order valence-corrected chi connectivity index (χ2v) is 18.7. The number of allylic oxidation sites excluding steroid dienone is 5. The SMILES string of the molecule is C=C1CCCCCCC/C(c2ccc3nc(C4CCCN4C(=O)C(NC(=O)O)C(C)C)[nH]c(=O)c3c2)=C\C=C1c1ccc(-c2cnc(C3COCCOCN3C(=O)C(NC(=O)OC)C(C)C)[nH]2)cc1. The molecule has 0 saturated carbocycles. The maximum absolute atomic E-state index is 14.0. The minimum atomic E-state index is -1.26. The van der Waals surface area contributed by atoms with Crippen molar-refractivity contribution < 1.29 is 38.5 Å². The minimum Gasteiger partial charge on any atom is -0.465 e. The zero-order valence-electron chi connectivity index (χ0n) is 40.3. The summed E-state index contributed by atoms with van der Waals surface area (Å²) in [4.78, 5) is 84.3. The molecular weight excluding hydrogens is 881 g/mol. The molecule has 4 amide bonds. The van der Waals surface area contributed by atoms with Crippen molar-refractivity contribution in [1.82, 2.24) is 40.4 Å². The highest BCUT2D eigenvalue weighted by Gasteiger charge is 2.38. The molecule has 2 aliphatic heterocycles. The normalized spacial score (nSPS) is 20.4. The summed E-state index contributed by atoms with van der Waals surface area (Å²) in [5.74, 6) is -0.248. The van der Waals surface area contributed by atoms with E-state index in [1.54, 1.807) is 29.8 Å². The van der Waals surface area contributed by atoms with Gasteiger partial charge in [-0.25, -0.2) is 19.6 Å². The van der Waals surface area contributed by atoms with Gasteiger partial charge in [-0.3, -0.25) is 14.4 Å². The van der Waals surface area contributed by atoms with E-state index >= 15 is 0 Å². The van der Waals surface area contributed by atoms with Crippen LogP contribution >= 0.6 is 0 Å². The monoisotopic (exact) mass is 946 g/mol. The van der Waals surface area contributed by atoms with Crippen LogP contribution in [0.1, 0.15) is 120 Å². The lowest BCUT2D eigenvalue weighted by Crippen LogP contribution is -2.53. The number of nitrogens with one attached hydrogen (secondary N) is 4. The number of likely N-dealkylation sites (tertiary alicyclic amines) is 1. The van der Waals surface area contributed by atoms with Crippen LogP contribution in [-0.2, 0) is 23.8 Å². The lowest BCUT2D eigenvalue weighted by molar-refractivity contribution is -0.151. The third-order valence-corrected chi connectivity index (χ3v) is 13.3. The van der Waals surface area contributed by atoms with Crippen molar-refractivity contribution in [2.24, 2.45) is 11.8 Å². The van der Waals surface area contributed by atoms with E-state index in [0.29, 0.717) is 55.2 Å². The second kappa shape index (κ2) is 23.1. The summed E-state index contributed by atoms with van der Waals surface area (Å²) in [5, 5.41) is 14.9. The van der Waals surface area contributed by atoms with E-state index in [2.05, 4.69) is 51.5 Å². The number of benzene rings is 2. The number of aromatic amines is 2. The number of methoxy groups -OCH3 is 1. The average Bonchev–Trinajstić information content (AvgIpc) is 4.02. The number of hydrogen-bond acceptors (Lipinski definition) is 10. The molecule has 2 saturated heterocycles. The van der Waals surface area contributed by atoms with Crippen molar-refractivity contribution in [2.75, 3.05) is 40.2 Å². The Morgan fingerprint density at radius 2 is 1.46 bits per heavy atom. The molecule has 17 heteroatoms. The highest BCUT2D eigenvalue weighted by Crippen LogP contribution is 2.34. The zero-order valence-corrected chi connectivity index (χ0v) is 40.3. The van der Waals surface area contributed by atoms with Crippen molar-refractivity contribution in [3.05, 3.63) is 106 Å². The van der Waals surface area contributed by atoms with Gasteiger partial charge in [0.25, 0.3) is 5.56 Å². The van der Waals surface area contributed by atoms with Gasteiger partial charge in [-0.1, -0.05) is 96.0 Å². The maximum Gasteiger partial charge on any atom is 0.407 e. The number of alkyl carbamates (subject to hydrolysis) is 1. The molecule has 7 rings (SSSR count). The first-order valence-electron chi connectivity index (χ1n) is 24.1. The van der Waals surface area contributed by atoms with Gasteiger partial charge in [0.15, 0.2) is 0 Å². The predicted octanol–water partition coefficient (Wildman–Crippen LogP) is 8.29. The number of fused-ring (bicyclic) bond motifs is 1. The fraction of sp³-hybridized carbons (Fsp3) is 0.481. The summed E-state index contributed by atoms with van der Waals surface area (Å²) < 4.78 is 16.5. The van der Waals surface area contributed by atoms with Crippen LogP contribution in [0.5, 0.6) is 0 Å². The fourth-order valence-corrected chi connectivity index (χ4v) is 9.36. The first-order chi connectivity index (χ1) is 33.2. The molecule has 0 bridgehead atoms. The number of carboxylic acid groups (broad SMARTS) is 1. The minimum absolute atomic E-state index is 0.00318. The molecule has 1 aliphatic carbocycles. The lowest BCUT2D eigenvalue weighted by atomic mass is 9.91. The Morgan fingerprint density at radius 3 is 2.19 bits per heavy atom. The summed E-state index contributed by atoms with van der Waals surface area (Å²) in [5.41, 5.74) is 6.93. The van der Waals surface area contributed by atoms with Crippen LogP contribution in [0.3, 0.4) is 0 Å². The third kappa shape index (κ3) is 12.2. The van der Waals surface area contributed by atoms with Crippen molar-refractivity contribution in [3.8, 4) is 11.3 Å². The number of hydrogen-bond donors (Lipinski definition) is 5. The van der Waals surface area contributed by atoms with Gasteiger partial charge in [0.2, 0.25) is 11.8 Å². The van der Waals surface area contributed by atoms with Gasteiger partial charge < -0.3 is 49.7 Å². The zero-order chi connectivity index (χ0) is 49.2. The number of ether oxygens (including phenoxy) is 3. The Balaban J connectivity index is 1.15. The first kappa shape index (κ1) is 50.3. The lowest BCUT2D eigenvalue weighted by Gasteiger charge is -2.35. The first-order valence-corrected chi connectivity index (χ1v) is 24.1. The Labute approximate surface area is 402 Å². The van der Waals surface area contributed by atoms with Gasteiger partial charge in [-0.2, -0.15) is 0 Å². The van der Waals surface area contributed by atoms with E-state index < -0.39 is 36.4 Å².